The minimum atomic E-state index is -0.753. The van der Waals surface area contributed by atoms with Gasteiger partial charge in [0.2, 0.25) is 0 Å². The van der Waals surface area contributed by atoms with Gasteiger partial charge in [0.1, 0.15) is 5.76 Å². The molecule has 3 aliphatic rings. The van der Waals surface area contributed by atoms with Crippen molar-refractivity contribution in [3.8, 4) is 0 Å². The quantitative estimate of drug-likeness (QED) is 0.528. The second-order valence-electron chi connectivity index (χ2n) is 9.63. The van der Waals surface area contributed by atoms with Gasteiger partial charge in [0.05, 0.1) is 12.0 Å². The van der Waals surface area contributed by atoms with E-state index in [-0.39, 0.29) is 16.6 Å². The first kappa shape index (κ1) is 20.1. The molecule has 0 unspecified atom stereocenters. The Morgan fingerprint density at radius 3 is 2.13 bits per heavy atom. The van der Waals surface area contributed by atoms with Crippen LogP contribution in [0.3, 0.4) is 0 Å². The van der Waals surface area contributed by atoms with Gasteiger partial charge in [-0.15, -0.1) is 0 Å². The normalized spacial score (nSPS) is 31.8. The molecule has 1 saturated carbocycles. The van der Waals surface area contributed by atoms with Gasteiger partial charge < -0.3 is 4.74 Å². The van der Waals surface area contributed by atoms with E-state index in [2.05, 4.69) is 52.0 Å². The molecule has 2 aromatic carbocycles. The molecule has 0 aromatic heterocycles. The number of benzene rings is 2. The summed E-state index contributed by atoms with van der Waals surface area (Å²) in [4.78, 5) is 14.7. The Bertz CT molecular complexity index is 1170. The standard InChI is InChI=1S/C29H30O2/c1-6-31-24-17-23(21-13-9-7-10-14-21)26(30)29(22-15-11-8-12-16-22)25(24)27(4)18-28(29,5)20(3)19(27)2/h7-17H,6,18H2,1-5H3/t27-,28+,29+/m0/s1. The Morgan fingerprint density at radius 1 is 0.903 bits per heavy atom. The first-order valence-corrected chi connectivity index (χ1v) is 11.3. The van der Waals surface area contributed by atoms with Crippen molar-refractivity contribution in [1.29, 1.82) is 0 Å². The van der Waals surface area contributed by atoms with Crippen LogP contribution < -0.4 is 0 Å². The van der Waals surface area contributed by atoms with E-state index < -0.39 is 5.41 Å². The second-order valence-corrected chi connectivity index (χ2v) is 9.63. The zero-order chi connectivity index (χ0) is 22.0. The third-order valence-electron chi connectivity index (χ3n) is 8.38. The SMILES string of the molecule is CCOC1=C2[C@@]3(C)C[C@](C)(C(C)=C3C)[C@@]2(c2ccccc2)C(=O)C(c2ccccc2)=C1. The Kier molecular flexibility index (Phi) is 4.25. The number of hydrogen-bond donors (Lipinski definition) is 0. The van der Waals surface area contributed by atoms with E-state index in [1.54, 1.807) is 0 Å². The lowest BCUT2D eigenvalue weighted by Crippen LogP contribution is -2.52. The van der Waals surface area contributed by atoms with Crippen molar-refractivity contribution in [2.24, 2.45) is 10.8 Å². The van der Waals surface area contributed by atoms with Crippen LogP contribution in [0.2, 0.25) is 0 Å². The van der Waals surface area contributed by atoms with Gasteiger partial charge in [-0.05, 0) is 44.4 Å². The number of ketones is 1. The summed E-state index contributed by atoms with van der Waals surface area (Å²) in [6.07, 6.45) is 2.94. The lowest BCUT2D eigenvalue weighted by Gasteiger charge is -2.50. The molecule has 3 aliphatic carbocycles. The topological polar surface area (TPSA) is 26.3 Å². The average molecular weight is 411 g/mol. The molecule has 2 aromatic rings. The zero-order valence-electron chi connectivity index (χ0n) is 19.1. The third-order valence-corrected chi connectivity index (χ3v) is 8.38. The molecule has 1 fully saturated rings. The monoisotopic (exact) mass is 410 g/mol. The Hall–Kier alpha value is -2.87. The predicted molar refractivity (Wildman–Crippen MR) is 125 cm³/mol. The van der Waals surface area contributed by atoms with Crippen molar-refractivity contribution in [2.75, 3.05) is 6.61 Å². The molecule has 31 heavy (non-hydrogen) atoms. The second kappa shape index (κ2) is 6.56. The molecule has 3 atom stereocenters. The van der Waals surface area contributed by atoms with Crippen LogP contribution in [0.1, 0.15) is 52.2 Å². The average Bonchev–Trinajstić information content (AvgIpc) is 3.12. The van der Waals surface area contributed by atoms with Crippen LogP contribution in [-0.4, -0.2) is 12.4 Å². The van der Waals surface area contributed by atoms with Crippen LogP contribution in [0.5, 0.6) is 0 Å². The maximum absolute atomic E-state index is 14.7. The van der Waals surface area contributed by atoms with E-state index in [1.807, 2.05) is 49.4 Å². The first-order chi connectivity index (χ1) is 14.8. The van der Waals surface area contributed by atoms with Crippen LogP contribution in [0.15, 0.2) is 89.2 Å². The van der Waals surface area contributed by atoms with Crippen molar-refractivity contribution in [2.45, 2.75) is 46.5 Å². The number of carbonyl (C=O) groups is 1. The molecule has 0 heterocycles. The summed E-state index contributed by atoms with van der Waals surface area (Å²) in [5.74, 6) is 1.07. The molecule has 0 saturated heterocycles. The molecular formula is C29H30O2. The lowest BCUT2D eigenvalue weighted by atomic mass is 9.51. The highest BCUT2D eigenvalue weighted by molar-refractivity contribution is 6.29. The lowest BCUT2D eigenvalue weighted by molar-refractivity contribution is -0.120. The number of Topliss-reactive ketones (excluding diaryl/α,β-unsaturated/α-hetero) is 1. The van der Waals surface area contributed by atoms with Gasteiger partial charge in [-0.2, -0.15) is 0 Å². The van der Waals surface area contributed by atoms with Crippen LogP contribution in [0.4, 0.5) is 0 Å². The molecule has 5 rings (SSSR count). The van der Waals surface area contributed by atoms with Crippen molar-refractivity contribution in [1.82, 2.24) is 0 Å². The summed E-state index contributed by atoms with van der Waals surface area (Å²) >= 11 is 0. The maximum Gasteiger partial charge on any atom is 0.179 e. The highest BCUT2D eigenvalue weighted by Gasteiger charge is 2.73. The Labute approximate surface area is 185 Å². The predicted octanol–water partition coefficient (Wildman–Crippen LogP) is 6.65. The van der Waals surface area contributed by atoms with E-state index in [9.17, 15) is 4.79 Å². The molecule has 2 heteroatoms. The van der Waals surface area contributed by atoms with Crippen molar-refractivity contribution >= 4 is 11.4 Å². The third kappa shape index (κ3) is 2.26. The number of fused-ring (bicyclic) bond motifs is 5. The Balaban J connectivity index is 1.93. The molecule has 0 spiro atoms. The van der Waals surface area contributed by atoms with Crippen LogP contribution in [0, 0.1) is 10.8 Å². The number of carbonyl (C=O) groups excluding carboxylic acids is 1. The minimum Gasteiger partial charge on any atom is -0.494 e. The van der Waals surface area contributed by atoms with E-state index in [1.165, 1.54) is 11.1 Å². The van der Waals surface area contributed by atoms with E-state index in [0.717, 1.165) is 34.5 Å². The maximum atomic E-state index is 14.7. The summed E-state index contributed by atoms with van der Waals surface area (Å²) in [5.41, 5.74) is 5.43. The molecule has 0 N–H and O–H groups in total. The molecule has 2 nitrogen and oxygen atoms in total. The van der Waals surface area contributed by atoms with E-state index in [4.69, 9.17) is 4.74 Å². The molecule has 2 bridgehead atoms. The van der Waals surface area contributed by atoms with Gasteiger partial charge in [-0.3, -0.25) is 4.79 Å². The van der Waals surface area contributed by atoms with E-state index in [0.29, 0.717) is 6.61 Å². The number of allylic oxidation sites excluding steroid dienone is 5. The first-order valence-electron chi connectivity index (χ1n) is 11.3. The van der Waals surface area contributed by atoms with E-state index >= 15 is 0 Å². The molecule has 0 amide bonds. The summed E-state index contributed by atoms with van der Waals surface area (Å²) in [5, 5.41) is 0. The summed E-state index contributed by atoms with van der Waals surface area (Å²) < 4.78 is 6.32. The van der Waals surface area contributed by atoms with Gasteiger partial charge in [0.15, 0.2) is 5.78 Å². The smallest absolute Gasteiger partial charge is 0.179 e. The van der Waals surface area contributed by atoms with Gasteiger partial charge in [-0.25, -0.2) is 0 Å². The summed E-state index contributed by atoms with van der Waals surface area (Å²) in [6.45, 7) is 11.7. The van der Waals surface area contributed by atoms with Crippen LogP contribution in [0.25, 0.3) is 5.57 Å². The van der Waals surface area contributed by atoms with Gasteiger partial charge >= 0.3 is 0 Å². The molecule has 0 aliphatic heterocycles. The Morgan fingerprint density at radius 2 is 1.52 bits per heavy atom. The molecular weight excluding hydrogens is 380 g/mol. The number of hydrogen-bond acceptors (Lipinski definition) is 2. The highest BCUT2D eigenvalue weighted by atomic mass is 16.5. The summed E-state index contributed by atoms with van der Waals surface area (Å²) in [6, 6.07) is 20.4. The number of rotatable bonds is 4. The minimum absolute atomic E-state index is 0.187. The van der Waals surface area contributed by atoms with Gasteiger partial charge in [0, 0.05) is 22.0 Å². The largest absolute Gasteiger partial charge is 0.494 e. The van der Waals surface area contributed by atoms with Crippen molar-refractivity contribution in [3.63, 3.8) is 0 Å². The fourth-order valence-corrected chi connectivity index (χ4v) is 6.85. The zero-order valence-corrected chi connectivity index (χ0v) is 19.1. The van der Waals surface area contributed by atoms with Crippen molar-refractivity contribution in [3.05, 3.63) is 100 Å². The fraction of sp³-hybridized carbons (Fsp3) is 0.345. The molecule has 158 valence electrons. The van der Waals surface area contributed by atoms with Crippen molar-refractivity contribution < 1.29 is 9.53 Å². The summed E-state index contributed by atoms with van der Waals surface area (Å²) in [7, 11) is 0. The van der Waals surface area contributed by atoms with Crippen LogP contribution >= 0.6 is 0 Å². The van der Waals surface area contributed by atoms with Gasteiger partial charge in [0.25, 0.3) is 0 Å². The van der Waals surface area contributed by atoms with Gasteiger partial charge in [-0.1, -0.05) is 85.7 Å². The number of ether oxygens (including phenoxy) is 1. The molecule has 0 radical (unpaired) electrons. The highest BCUT2D eigenvalue weighted by Crippen LogP contribution is 2.76. The van der Waals surface area contributed by atoms with Crippen LogP contribution in [-0.2, 0) is 14.9 Å². The fourth-order valence-electron chi connectivity index (χ4n) is 6.85.